The highest BCUT2D eigenvalue weighted by Gasteiger charge is 2.37. The number of rotatable bonds is 4. The van der Waals surface area contributed by atoms with Gasteiger partial charge in [-0.15, -0.1) is 0 Å². The molecule has 0 bridgehead atoms. The van der Waals surface area contributed by atoms with Crippen LogP contribution in [-0.4, -0.2) is 26.0 Å². The van der Waals surface area contributed by atoms with Crippen molar-refractivity contribution in [3.05, 3.63) is 77.0 Å². The lowest BCUT2D eigenvalue weighted by molar-refractivity contribution is -0.116. The van der Waals surface area contributed by atoms with E-state index in [1.54, 1.807) is 4.68 Å². The molecule has 1 aromatic heterocycles. The Morgan fingerprint density at radius 1 is 1.07 bits per heavy atom. The number of anilines is 1. The number of carbonyl (C=O) groups is 1. The van der Waals surface area contributed by atoms with Crippen LogP contribution in [0.1, 0.15) is 36.4 Å². The highest BCUT2D eigenvalue weighted by molar-refractivity contribution is 5.99. The molecule has 2 aromatic carbocycles. The predicted molar refractivity (Wildman–Crippen MR) is 103 cm³/mol. The van der Waals surface area contributed by atoms with Crippen molar-refractivity contribution in [1.29, 1.82) is 0 Å². The van der Waals surface area contributed by atoms with Crippen LogP contribution in [0.3, 0.4) is 0 Å². The van der Waals surface area contributed by atoms with Crippen molar-refractivity contribution in [2.24, 2.45) is 0 Å². The Balaban J connectivity index is 1.56. The van der Waals surface area contributed by atoms with Gasteiger partial charge in [0, 0.05) is 23.3 Å². The van der Waals surface area contributed by atoms with E-state index in [0.717, 1.165) is 41.0 Å². The van der Waals surface area contributed by atoms with Crippen LogP contribution in [0.5, 0.6) is 5.75 Å². The number of hydrogen-bond donors (Lipinski definition) is 1. The molecule has 0 fully saturated rings. The second kappa shape index (κ2) is 6.92. The molecule has 2 heterocycles. The fraction of sp³-hybridized carbons (Fsp3) is 0.238. The first-order valence-electron chi connectivity index (χ1n) is 9.38. The third-order valence-corrected chi connectivity index (χ3v) is 5.18. The second-order valence-electron chi connectivity index (χ2n) is 6.96. The van der Waals surface area contributed by atoms with Crippen LogP contribution in [0.4, 0.5) is 5.95 Å². The molecule has 0 saturated carbocycles. The van der Waals surface area contributed by atoms with Gasteiger partial charge in [-0.25, -0.2) is 0 Å². The highest BCUT2D eigenvalue weighted by atomic mass is 16.5. The Kier molecular flexibility index (Phi) is 4.12. The van der Waals surface area contributed by atoms with Gasteiger partial charge in [0.1, 0.15) is 18.4 Å². The standard InChI is InChI=1S/C21H19N5O2/c27-17-11-6-10-16-19(17)20(26-21(22-16)23-24-25-26)15-9-4-5-12-18(15)28-13-14-7-2-1-3-8-14/h1-5,7-9,12,20H,6,10-11,13H2,(H,22,23,25)/t20-/m1/s1. The van der Waals surface area contributed by atoms with Crippen molar-refractivity contribution in [3.63, 3.8) is 0 Å². The molecule has 1 aliphatic heterocycles. The molecule has 0 saturated heterocycles. The minimum absolute atomic E-state index is 0.137. The number of allylic oxidation sites excluding steroid dienone is 2. The molecule has 140 valence electrons. The van der Waals surface area contributed by atoms with Crippen LogP contribution < -0.4 is 10.1 Å². The van der Waals surface area contributed by atoms with E-state index in [9.17, 15) is 4.79 Å². The average molecular weight is 373 g/mol. The van der Waals surface area contributed by atoms with Crippen molar-refractivity contribution in [2.45, 2.75) is 31.9 Å². The maximum Gasteiger partial charge on any atom is 0.248 e. The summed E-state index contributed by atoms with van der Waals surface area (Å²) < 4.78 is 7.82. The summed E-state index contributed by atoms with van der Waals surface area (Å²) in [6, 6.07) is 17.4. The van der Waals surface area contributed by atoms with Crippen LogP contribution >= 0.6 is 0 Å². The van der Waals surface area contributed by atoms with E-state index < -0.39 is 0 Å². The molecule has 0 spiro atoms. The number of para-hydroxylation sites is 1. The Hall–Kier alpha value is -3.48. The first kappa shape index (κ1) is 16.7. The van der Waals surface area contributed by atoms with Gasteiger partial charge in [-0.3, -0.25) is 4.79 Å². The summed E-state index contributed by atoms with van der Waals surface area (Å²) >= 11 is 0. The molecule has 28 heavy (non-hydrogen) atoms. The van der Waals surface area contributed by atoms with E-state index >= 15 is 0 Å². The van der Waals surface area contributed by atoms with Crippen molar-refractivity contribution in [3.8, 4) is 5.75 Å². The highest BCUT2D eigenvalue weighted by Crippen LogP contribution is 2.42. The Morgan fingerprint density at radius 3 is 2.79 bits per heavy atom. The molecule has 1 aliphatic carbocycles. The van der Waals surface area contributed by atoms with Gasteiger partial charge in [0.15, 0.2) is 5.78 Å². The van der Waals surface area contributed by atoms with Crippen LogP contribution in [0, 0.1) is 0 Å². The van der Waals surface area contributed by atoms with Gasteiger partial charge in [-0.2, -0.15) is 4.68 Å². The quantitative estimate of drug-likeness (QED) is 0.756. The first-order chi connectivity index (χ1) is 13.8. The van der Waals surface area contributed by atoms with E-state index in [-0.39, 0.29) is 11.8 Å². The van der Waals surface area contributed by atoms with Gasteiger partial charge in [-0.05, 0) is 34.9 Å². The summed E-state index contributed by atoms with van der Waals surface area (Å²) in [6.07, 6.45) is 2.20. The van der Waals surface area contributed by atoms with E-state index in [2.05, 4.69) is 20.8 Å². The maximum absolute atomic E-state index is 12.8. The molecule has 0 radical (unpaired) electrons. The van der Waals surface area contributed by atoms with Gasteiger partial charge in [0.25, 0.3) is 0 Å². The third-order valence-electron chi connectivity index (χ3n) is 5.18. The van der Waals surface area contributed by atoms with Crippen LogP contribution in [0.25, 0.3) is 0 Å². The average Bonchev–Trinajstić information content (AvgIpc) is 3.20. The molecule has 7 nitrogen and oxygen atoms in total. The molecule has 7 heteroatoms. The van der Waals surface area contributed by atoms with E-state index in [4.69, 9.17) is 4.74 Å². The molecule has 0 amide bonds. The number of carbonyl (C=O) groups excluding carboxylic acids is 1. The maximum atomic E-state index is 12.8. The summed E-state index contributed by atoms with van der Waals surface area (Å²) in [4.78, 5) is 12.8. The van der Waals surface area contributed by atoms with Crippen LogP contribution in [-0.2, 0) is 11.4 Å². The Labute approximate surface area is 162 Å². The van der Waals surface area contributed by atoms with Gasteiger partial charge < -0.3 is 10.1 Å². The molecular weight excluding hydrogens is 354 g/mol. The number of fused-ring (bicyclic) bond motifs is 1. The van der Waals surface area contributed by atoms with Gasteiger partial charge in [-0.1, -0.05) is 53.6 Å². The molecule has 3 aromatic rings. The predicted octanol–water partition coefficient (Wildman–Crippen LogP) is 3.27. The molecule has 0 unspecified atom stereocenters. The van der Waals surface area contributed by atoms with Gasteiger partial charge in [0.05, 0.1) is 0 Å². The topological polar surface area (TPSA) is 81.9 Å². The number of nitrogens with zero attached hydrogens (tertiary/aromatic N) is 4. The number of Topliss-reactive ketones (excluding diaryl/α,β-unsaturated/α-hetero) is 1. The van der Waals surface area contributed by atoms with Gasteiger partial charge >= 0.3 is 0 Å². The number of benzene rings is 2. The van der Waals surface area contributed by atoms with Crippen LogP contribution in [0.2, 0.25) is 0 Å². The minimum Gasteiger partial charge on any atom is -0.489 e. The number of hydrogen-bond acceptors (Lipinski definition) is 6. The van der Waals surface area contributed by atoms with E-state index in [0.29, 0.717) is 19.0 Å². The Morgan fingerprint density at radius 2 is 1.89 bits per heavy atom. The second-order valence-corrected chi connectivity index (χ2v) is 6.96. The lowest BCUT2D eigenvalue weighted by atomic mass is 9.85. The van der Waals surface area contributed by atoms with E-state index in [1.165, 1.54) is 0 Å². The SMILES string of the molecule is O=C1CCCC2=C1[C@@H](c1ccccc1OCc1ccccc1)n1nnnc1N2. The van der Waals surface area contributed by atoms with Gasteiger partial charge in [0.2, 0.25) is 5.95 Å². The largest absolute Gasteiger partial charge is 0.489 e. The molecule has 5 rings (SSSR count). The Bertz CT molecular complexity index is 1060. The zero-order chi connectivity index (χ0) is 18.9. The van der Waals surface area contributed by atoms with E-state index in [1.807, 2.05) is 54.6 Å². The smallest absolute Gasteiger partial charge is 0.248 e. The zero-order valence-electron chi connectivity index (χ0n) is 15.2. The fourth-order valence-corrected chi connectivity index (χ4v) is 3.88. The fourth-order valence-electron chi connectivity index (χ4n) is 3.88. The summed E-state index contributed by atoms with van der Waals surface area (Å²) in [5, 5.41) is 15.3. The molecular formula is C21H19N5O2. The van der Waals surface area contributed by atoms with Crippen molar-refractivity contribution in [1.82, 2.24) is 20.2 Å². The number of nitrogens with one attached hydrogen (secondary N) is 1. The van der Waals surface area contributed by atoms with Crippen molar-refractivity contribution < 1.29 is 9.53 Å². The molecule has 1 atom stereocenters. The number of aromatic nitrogens is 4. The lowest BCUT2D eigenvalue weighted by Crippen LogP contribution is -2.31. The number of tetrazole rings is 1. The summed E-state index contributed by atoms with van der Waals surface area (Å²) in [6.45, 7) is 0.450. The monoisotopic (exact) mass is 373 g/mol. The number of ether oxygens (including phenoxy) is 1. The normalized spacial score (nSPS) is 18.3. The molecule has 2 aliphatic rings. The third kappa shape index (κ3) is 2.85. The summed E-state index contributed by atoms with van der Waals surface area (Å²) in [5.74, 6) is 1.42. The molecule has 1 N–H and O–H groups in total. The van der Waals surface area contributed by atoms with Crippen molar-refractivity contribution >= 4 is 11.7 Å². The lowest BCUT2D eigenvalue weighted by Gasteiger charge is -2.32. The van der Waals surface area contributed by atoms with Crippen molar-refractivity contribution in [2.75, 3.05) is 5.32 Å². The zero-order valence-corrected chi connectivity index (χ0v) is 15.2. The summed E-state index contributed by atoms with van der Waals surface area (Å²) in [5.41, 5.74) is 3.62. The minimum atomic E-state index is -0.388. The first-order valence-corrected chi connectivity index (χ1v) is 9.38. The summed E-state index contributed by atoms with van der Waals surface area (Å²) in [7, 11) is 0. The van der Waals surface area contributed by atoms with Crippen LogP contribution in [0.15, 0.2) is 65.9 Å². The number of ketones is 1.